The second-order valence-corrected chi connectivity index (χ2v) is 7.41. The maximum Gasteiger partial charge on any atom is 0.262 e. The number of ether oxygens (including phenoxy) is 3. The third kappa shape index (κ3) is 3.12. The van der Waals surface area contributed by atoms with Crippen LogP contribution in [0.25, 0.3) is 0 Å². The fraction of sp³-hybridized carbons (Fsp3) is 0.294. The molecule has 1 aliphatic heterocycles. The largest absolute Gasteiger partial charge is 0.496 e. The average Bonchev–Trinajstić information content (AvgIpc) is 3.02. The van der Waals surface area contributed by atoms with Gasteiger partial charge in [-0.2, -0.15) is 0 Å². The third-order valence-electron chi connectivity index (χ3n) is 3.76. The van der Waals surface area contributed by atoms with Crippen molar-refractivity contribution in [2.24, 2.45) is 0 Å². The van der Waals surface area contributed by atoms with Crippen LogP contribution in [0, 0.1) is 0 Å². The van der Waals surface area contributed by atoms with Crippen LogP contribution in [0.5, 0.6) is 17.2 Å². The standard InChI is InChI=1S/C17H19NO5S/c1-11(2)14-8-12(4-6-15(14)21-3)18-24(19,20)13-5-7-16-17(9-13)23-10-22-16/h4-9,11,18H,10H2,1-3H3. The number of rotatable bonds is 5. The Morgan fingerprint density at radius 2 is 1.83 bits per heavy atom. The summed E-state index contributed by atoms with van der Waals surface area (Å²) in [6.45, 7) is 4.14. The van der Waals surface area contributed by atoms with Crippen LogP contribution < -0.4 is 18.9 Å². The normalized spacial score (nSPS) is 13.2. The summed E-state index contributed by atoms with van der Waals surface area (Å²) in [5.41, 5.74) is 1.42. The van der Waals surface area contributed by atoms with Crippen LogP contribution in [-0.2, 0) is 10.0 Å². The summed E-state index contributed by atoms with van der Waals surface area (Å²) in [6, 6.07) is 9.75. The average molecular weight is 349 g/mol. The van der Waals surface area contributed by atoms with Crippen LogP contribution in [0.4, 0.5) is 5.69 Å². The smallest absolute Gasteiger partial charge is 0.262 e. The van der Waals surface area contributed by atoms with Crippen molar-refractivity contribution >= 4 is 15.7 Å². The summed E-state index contributed by atoms with van der Waals surface area (Å²) in [7, 11) is -2.13. The number of fused-ring (bicyclic) bond motifs is 1. The zero-order valence-corrected chi connectivity index (χ0v) is 14.5. The lowest BCUT2D eigenvalue weighted by atomic mass is 10.0. The lowest BCUT2D eigenvalue weighted by molar-refractivity contribution is 0.174. The van der Waals surface area contributed by atoms with E-state index in [1.807, 2.05) is 13.8 Å². The molecule has 7 heteroatoms. The van der Waals surface area contributed by atoms with Crippen molar-refractivity contribution < 1.29 is 22.6 Å². The van der Waals surface area contributed by atoms with Crippen molar-refractivity contribution in [3.8, 4) is 17.2 Å². The van der Waals surface area contributed by atoms with E-state index in [2.05, 4.69) is 4.72 Å². The van der Waals surface area contributed by atoms with Gasteiger partial charge in [-0.1, -0.05) is 13.8 Å². The first kappa shape index (κ1) is 16.4. The predicted octanol–water partition coefficient (Wildman–Crippen LogP) is 3.35. The fourth-order valence-corrected chi connectivity index (χ4v) is 3.57. The molecule has 0 saturated heterocycles. The summed E-state index contributed by atoms with van der Waals surface area (Å²) < 4.78 is 43.5. The molecule has 6 nitrogen and oxygen atoms in total. The number of sulfonamides is 1. The summed E-state index contributed by atoms with van der Waals surface area (Å²) in [5, 5.41) is 0. The molecule has 0 spiro atoms. The Balaban J connectivity index is 1.91. The van der Waals surface area contributed by atoms with Gasteiger partial charge in [0.25, 0.3) is 10.0 Å². The van der Waals surface area contributed by atoms with Gasteiger partial charge in [0.15, 0.2) is 11.5 Å². The van der Waals surface area contributed by atoms with Gasteiger partial charge < -0.3 is 14.2 Å². The molecule has 0 radical (unpaired) electrons. The Bertz CT molecular complexity index is 861. The highest BCUT2D eigenvalue weighted by Crippen LogP contribution is 2.35. The van der Waals surface area contributed by atoms with Crippen LogP contribution in [-0.4, -0.2) is 22.3 Å². The quantitative estimate of drug-likeness (QED) is 0.896. The Morgan fingerprint density at radius 1 is 1.08 bits per heavy atom. The third-order valence-corrected chi connectivity index (χ3v) is 5.14. The van der Waals surface area contributed by atoms with Crippen molar-refractivity contribution in [3.63, 3.8) is 0 Å². The summed E-state index contributed by atoms with van der Waals surface area (Å²) in [5.74, 6) is 1.90. The van der Waals surface area contributed by atoms with Gasteiger partial charge in [-0.15, -0.1) is 0 Å². The second-order valence-electron chi connectivity index (χ2n) is 5.73. The fourth-order valence-electron chi connectivity index (χ4n) is 2.51. The van der Waals surface area contributed by atoms with Gasteiger partial charge in [-0.3, -0.25) is 4.72 Å². The van der Waals surface area contributed by atoms with Gasteiger partial charge in [-0.25, -0.2) is 8.42 Å². The monoisotopic (exact) mass is 349 g/mol. The van der Waals surface area contributed by atoms with Crippen LogP contribution in [0.1, 0.15) is 25.3 Å². The molecule has 2 aromatic carbocycles. The van der Waals surface area contributed by atoms with Gasteiger partial charge in [0.1, 0.15) is 5.75 Å². The first-order valence-electron chi connectivity index (χ1n) is 7.51. The minimum Gasteiger partial charge on any atom is -0.496 e. The highest BCUT2D eigenvalue weighted by atomic mass is 32.2. The van der Waals surface area contributed by atoms with E-state index in [-0.39, 0.29) is 17.6 Å². The van der Waals surface area contributed by atoms with E-state index in [1.54, 1.807) is 31.4 Å². The SMILES string of the molecule is COc1ccc(NS(=O)(=O)c2ccc3c(c2)OCO3)cc1C(C)C. The molecular weight excluding hydrogens is 330 g/mol. The molecule has 2 aromatic rings. The van der Waals surface area contributed by atoms with Crippen molar-refractivity contribution in [1.82, 2.24) is 0 Å². The zero-order valence-electron chi connectivity index (χ0n) is 13.7. The van der Waals surface area contributed by atoms with Crippen molar-refractivity contribution in [2.75, 3.05) is 18.6 Å². The minimum absolute atomic E-state index is 0.0997. The summed E-state index contributed by atoms with van der Waals surface area (Å²) >= 11 is 0. The number of benzene rings is 2. The maximum atomic E-state index is 12.6. The van der Waals surface area contributed by atoms with Gasteiger partial charge in [0, 0.05) is 11.8 Å². The molecule has 24 heavy (non-hydrogen) atoms. The number of hydrogen-bond acceptors (Lipinski definition) is 5. The number of hydrogen-bond donors (Lipinski definition) is 1. The van der Waals surface area contributed by atoms with E-state index in [9.17, 15) is 8.42 Å². The van der Waals surface area contributed by atoms with Crippen molar-refractivity contribution in [2.45, 2.75) is 24.7 Å². The molecule has 0 saturated carbocycles. The van der Waals surface area contributed by atoms with Gasteiger partial charge >= 0.3 is 0 Å². The lowest BCUT2D eigenvalue weighted by Gasteiger charge is -2.15. The van der Waals surface area contributed by atoms with Gasteiger partial charge in [-0.05, 0) is 41.8 Å². The summed E-state index contributed by atoms with van der Waals surface area (Å²) in [6.07, 6.45) is 0. The molecule has 128 valence electrons. The predicted molar refractivity (Wildman–Crippen MR) is 90.5 cm³/mol. The van der Waals surface area contributed by atoms with E-state index in [0.29, 0.717) is 17.2 Å². The molecule has 1 heterocycles. The molecule has 1 aliphatic rings. The van der Waals surface area contributed by atoms with E-state index in [4.69, 9.17) is 14.2 Å². The molecule has 0 unspecified atom stereocenters. The highest BCUT2D eigenvalue weighted by molar-refractivity contribution is 7.92. The van der Waals surface area contributed by atoms with Crippen LogP contribution in [0.15, 0.2) is 41.3 Å². The van der Waals surface area contributed by atoms with Crippen LogP contribution in [0.2, 0.25) is 0 Å². The Hall–Kier alpha value is -2.41. The van der Waals surface area contributed by atoms with E-state index >= 15 is 0 Å². The first-order valence-corrected chi connectivity index (χ1v) is 8.99. The van der Waals surface area contributed by atoms with Gasteiger partial charge in [0.2, 0.25) is 6.79 Å². The first-order chi connectivity index (χ1) is 11.4. The molecule has 1 N–H and O–H groups in total. The number of nitrogens with one attached hydrogen (secondary N) is 1. The molecule has 0 atom stereocenters. The van der Waals surface area contributed by atoms with Crippen molar-refractivity contribution in [3.05, 3.63) is 42.0 Å². The van der Waals surface area contributed by atoms with E-state index in [0.717, 1.165) is 11.3 Å². The van der Waals surface area contributed by atoms with Crippen LogP contribution in [0.3, 0.4) is 0 Å². The molecular formula is C17H19NO5S. The molecule has 0 fully saturated rings. The van der Waals surface area contributed by atoms with Gasteiger partial charge in [0.05, 0.1) is 12.0 Å². The Labute approximate surface area is 141 Å². The molecule has 0 bridgehead atoms. The minimum atomic E-state index is -3.72. The van der Waals surface area contributed by atoms with E-state index in [1.165, 1.54) is 12.1 Å². The molecule has 0 aromatic heterocycles. The molecule has 3 rings (SSSR count). The lowest BCUT2D eigenvalue weighted by Crippen LogP contribution is -2.13. The Morgan fingerprint density at radius 3 is 2.54 bits per heavy atom. The molecule has 0 amide bonds. The number of methoxy groups -OCH3 is 1. The molecule has 0 aliphatic carbocycles. The van der Waals surface area contributed by atoms with Crippen LogP contribution >= 0.6 is 0 Å². The topological polar surface area (TPSA) is 73.9 Å². The Kier molecular flexibility index (Phi) is 4.28. The van der Waals surface area contributed by atoms with Crippen molar-refractivity contribution in [1.29, 1.82) is 0 Å². The van der Waals surface area contributed by atoms with E-state index < -0.39 is 10.0 Å². The second kappa shape index (κ2) is 6.24. The zero-order chi connectivity index (χ0) is 17.3. The number of anilines is 1. The summed E-state index contributed by atoms with van der Waals surface area (Å²) in [4.78, 5) is 0.119. The maximum absolute atomic E-state index is 12.6. The highest BCUT2D eigenvalue weighted by Gasteiger charge is 2.21.